The van der Waals surface area contributed by atoms with Crippen molar-refractivity contribution in [1.82, 2.24) is 0 Å². The molecule has 2 rings (SSSR count). The Bertz CT molecular complexity index is 879. The van der Waals surface area contributed by atoms with Gasteiger partial charge in [-0.2, -0.15) is 0 Å². The lowest BCUT2D eigenvalue weighted by Crippen LogP contribution is -2.16. The largest absolute Gasteiger partial charge is 0.493 e. The van der Waals surface area contributed by atoms with Crippen molar-refractivity contribution in [2.45, 2.75) is 11.8 Å². The minimum absolute atomic E-state index is 0.0434. The first-order valence-electron chi connectivity index (χ1n) is 7.27. The van der Waals surface area contributed by atoms with Gasteiger partial charge in [0.2, 0.25) is 0 Å². The topological polar surface area (TPSA) is 81.7 Å². The molecule has 0 fully saturated rings. The van der Waals surface area contributed by atoms with Gasteiger partial charge in [-0.15, -0.1) is 0 Å². The van der Waals surface area contributed by atoms with E-state index >= 15 is 0 Å². The zero-order valence-electron chi connectivity index (χ0n) is 14.0. The summed E-state index contributed by atoms with van der Waals surface area (Å²) in [5.41, 5.74) is 1.26. The van der Waals surface area contributed by atoms with E-state index in [4.69, 9.17) is 9.47 Å². The fourth-order valence-electron chi connectivity index (χ4n) is 2.19. The molecule has 6 nitrogen and oxygen atoms in total. The summed E-state index contributed by atoms with van der Waals surface area (Å²) in [4.78, 5) is 12.3. The molecule has 0 unspecified atom stereocenters. The first-order chi connectivity index (χ1) is 11.8. The molecule has 134 valence electrons. The van der Waals surface area contributed by atoms with Gasteiger partial charge in [-0.25, -0.2) is 8.42 Å². The second-order valence-electron chi connectivity index (χ2n) is 5.23. The Morgan fingerprint density at radius 1 is 1.08 bits per heavy atom. The predicted octanol–water partition coefficient (Wildman–Crippen LogP) is 3.39. The number of benzene rings is 2. The van der Waals surface area contributed by atoms with Gasteiger partial charge in [-0.1, -0.05) is 33.6 Å². The lowest BCUT2D eigenvalue weighted by atomic mass is 10.1. The molecule has 0 radical (unpaired) electrons. The quantitative estimate of drug-likeness (QED) is 0.540. The van der Waals surface area contributed by atoms with E-state index in [1.807, 2.05) is 6.92 Å². The lowest BCUT2D eigenvalue weighted by molar-refractivity contribution is 0.102. The van der Waals surface area contributed by atoms with Gasteiger partial charge in [0, 0.05) is 11.6 Å². The molecule has 0 aliphatic carbocycles. The lowest BCUT2D eigenvalue weighted by Gasteiger charge is -2.15. The molecule has 0 saturated carbocycles. The third-order valence-corrected chi connectivity index (χ3v) is 5.41. The Balaban J connectivity index is 2.53. The molecule has 0 spiro atoms. The maximum atomic E-state index is 12.6. The van der Waals surface area contributed by atoms with Crippen LogP contribution in [0.15, 0.2) is 41.3 Å². The van der Waals surface area contributed by atoms with Crippen LogP contribution in [0.3, 0.4) is 0 Å². The van der Waals surface area contributed by atoms with E-state index in [-0.39, 0.29) is 27.3 Å². The number of sulfonamides is 1. The van der Waals surface area contributed by atoms with Crippen molar-refractivity contribution in [1.29, 1.82) is 0 Å². The van der Waals surface area contributed by atoms with Gasteiger partial charge in [0.25, 0.3) is 10.0 Å². The maximum absolute atomic E-state index is 12.6. The number of anilines is 1. The van der Waals surface area contributed by atoms with Crippen LogP contribution in [0.1, 0.15) is 15.9 Å². The fourth-order valence-corrected chi connectivity index (χ4v) is 3.56. The summed E-state index contributed by atoms with van der Waals surface area (Å²) in [7, 11) is -0.979. The molecule has 0 heterocycles. The molecular formula is C17H18BrNO5S. The van der Waals surface area contributed by atoms with E-state index in [9.17, 15) is 13.2 Å². The van der Waals surface area contributed by atoms with Crippen molar-refractivity contribution in [3.8, 4) is 11.5 Å². The minimum atomic E-state index is -3.85. The van der Waals surface area contributed by atoms with Crippen molar-refractivity contribution >= 4 is 37.4 Å². The standard InChI is InChI=1S/C17H18BrNO5S/c1-11-4-6-12(7-5-11)25(21,22)19-14-9-17(24-3)16(23-2)8-13(14)15(20)10-18/h4-9,19H,10H2,1-3H3. The average Bonchev–Trinajstić information content (AvgIpc) is 2.60. The maximum Gasteiger partial charge on any atom is 0.261 e. The van der Waals surface area contributed by atoms with E-state index in [0.717, 1.165) is 5.56 Å². The van der Waals surface area contributed by atoms with Crippen LogP contribution >= 0.6 is 15.9 Å². The highest BCUT2D eigenvalue weighted by atomic mass is 79.9. The van der Waals surface area contributed by atoms with Crippen LogP contribution in [0.25, 0.3) is 0 Å². The van der Waals surface area contributed by atoms with Crippen LogP contribution in [0.5, 0.6) is 11.5 Å². The number of ether oxygens (including phenoxy) is 2. The van der Waals surface area contributed by atoms with Crippen LogP contribution in [0.4, 0.5) is 5.69 Å². The molecule has 0 amide bonds. The van der Waals surface area contributed by atoms with Gasteiger partial charge in [0.05, 0.1) is 30.1 Å². The SMILES string of the molecule is COc1cc(NS(=O)(=O)c2ccc(C)cc2)c(C(=O)CBr)cc1OC. The highest BCUT2D eigenvalue weighted by Gasteiger charge is 2.21. The van der Waals surface area contributed by atoms with Crippen LogP contribution in [-0.4, -0.2) is 33.8 Å². The Labute approximate surface area is 155 Å². The van der Waals surface area contributed by atoms with Crippen LogP contribution in [-0.2, 0) is 10.0 Å². The van der Waals surface area contributed by atoms with Gasteiger partial charge in [0.1, 0.15) is 0 Å². The molecular weight excluding hydrogens is 410 g/mol. The summed E-state index contributed by atoms with van der Waals surface area (Å²) in [6, 6.07) is 9.30. The van der Waals surface area contributed by atoms with Crippen molar-refractivity contribution in [3.05, 3.63) is 47.5 Å². The third-order valence-electron chi connectivity index (χ3n) is 3.52. The second kappa shape index (κ2) is 7.88. The molecule has 8 heteroatoms. The summed E-state index contributed by atoms with van der Waals surface area (Å²) in [5, 5.41) is 0.0434. The number of carbonyl (C=O) groups is 1. The summed E-state index contributed by atoms with van der Waals surface area (Å²) >= 11 is 3.10. The number of Topliss-reactive ketones (excluding diaryl/α,β-unsaturated/α-hetero) is 1. The molecule has 0 aromatic heterocycles. The first-order valence-corrected chi connectivity index (χ1v) is 9.87. The molecule has 0 atom stereocenters. The molecule has 2 aromatic rings. The summed E-state index contributed by atoms with van der Waals surface area (Å²) in [6.45, 7) is 1.87. The van der Waals surface area contributed by atoms with E-state index in [1.165, 1.54) is 38.5 Å². The van der Waals surface area contributed by atoms with E-state index in [2.05, 4.69) is 20.7 Å². The number of rotatable bonds is 7. The summed E-state index contributed by atoms with van der Waals surface area (Å²) < 4.78 is 38.1. The number of halogens is 1. The summed E-state index contributed by atoms with van der Waals surface area (Å²) in [6.07, 6.45) is 0. The minimum Gasteiger partial charge on any atom is -0.493 e. The highest BCUT2D eigenvalue weighted by Crippen LogP contribution is 2.34. The second-order valence-corrected chi connectivity index (χ2v) is 7.47. The number of aryl methyl sites for hydroxylation is 1. The highest BCUT2D eigenvalue weighted by molar-refractivity contribution is 9.09. The normalized spacial score (nSPS) is 11.0. The predicted molar refractivity (Wildman–Crippen MR) is 99.7 cm³/mol. The van der Waals surface area contributed by atoms with E-state index < -0.39 is 10.0 Å². The van der Waals surface area contributed by atoms with E-state index in [1.54, 1.807) is 12.1 Å². The molecule has 2 aromatic carbocycles. The van der Waals surface area contributed by atoms with Crippen molar-refractivity contribution in [2.24, 2.45) is 0 Å². The Morgan fingerprint density at radius 3 is 2.16 bits per heavy atom. The Hall–Kier alpha value is -2.06. The van der Waals surface area contributed by atoms with Gasteiger partial charge < -0.3 is 9.47 Å². The third kappa shape index (κ3) is 4.32. The smallest absolute Gasteiger partial charge is 0.261 e. The van der Waals surface area contributed by atoms with Gasteiger partial charge in [-0.3, -0.25) is 9.52 Å². The molecule has 0 aliphatic rings. The number of alkyl halides is 1. The first kappa shape index (κ1) is 19.3. The fraction of sp³-hybridized carbons (Fsp3) is 0.235. The summed E-state index contributed by atoms with van der Waals surface area (Å²) in [5.74, 6) is 0.364. The molecule has 1 N–H and O–H groups in total. The van der Waals surface area contributed by atoms with Gasteiger partial charge in [-0.05, 0) is 25.1 Å². The zero-order valence-corrected chi connectivity index (χ0v) is 16.4. The van der Waals surface area contributed by atoms with Gasteiger partial charge >= 0.3 is 0 Å². The van der Waals surface area contributed by atoms with Crippen molar-refractivity contribution in [2.75, 3.05) is 24.3 Å². The molecule has 25 heavy (non-hydrogen) atoms. The number of nitrogens with one attached hydrogen (secondary N) is 1. The number of hydrogen-bond donors (Lipinski definition) is 1. The van der Waals surface area contributed by atoms with Crippen molar-refractivity contribution < 1.29 is 22.7 Å². The number of methoxy groups -OCH3 is 2. The van der Waals surface area contributed by atoms with Crippen molar-refractivity contribution in [3.63, 3.8) is 0 Å². The monoisotopic (exact) mass is 427 g/mol. The van der Waals surface area contributed by atoms with E-state index in [0.29, 0.717) is 11.5 Å². The number of ketones is 1. The number of carbonyl (C=O) groups excluding carboxylic acids is 1. The van der Waals surface area contributed by atoms with Crippen LogP contribution in [0.2, 0.25) is 0 Å². The van der Waals surface area contributed by atoms with Crippen LogP contribution < -0.4 is 14.2 Å². The Morgan fingerprint density at radius 2 is 1.64 bits per heavy atom. The Kier molecular flexibility index (Phi) is 6.07. The number of hydrogen-bond acceptors (Lipinski definition) is 5. The zero-order chi connectivity index (χ0) is 18.6. The average molecular weight is 428 g/mol. The molecule has 0 aliphatic heterocycles. The van der Waals surface area contributed by atoms with Gasteiger partial charge in [0.15, 0.2) is 17.3 Å². The molecule has 0 bridgehead atoms. The molecule has 0 saturated heterocycles. The van der Waals surface area contributed by atoms with Crippen LogP contribution in [0, 0.1) is 6.92 Å².